The number of fused-ring (bicyclic) bond motifs is 1. The SMILES string of the molecule is CCC(C)[P+](=O)OC(C)(CC)C[C@H]1OC(n2cnc3c(=N)n(C)cnc32)[C@H](O)[C@@H]1O. The van der Waals surface area contributed by atoms with E-state index in [1.807, 2.05) is 27.7 Å². The molecule has 2 aromatic rings. The van der Waals surface area contributed by atoms with Gasteiger partial charge in [0.25, 0.3) is 0 Å². The monoisotopic (exact) mass is 440 g/mol. The molecule has 1 saturated heterocycles. The number of aryl methyl sites for hydroxylation is 1. The molecule has 0 aromatic carbocycles. The molecule has 11 heteroatoms. The summed E-state index contributed by atoms with van der Waals surface area (Å²) >= 11 is 0. The molecule has 1 aliphatic rings. The fraction of sp³-hybridized carbons (Fsp3) is 0.737. The van der Waals surface area contributed by atoms with E-state index in [2.05, 4.69) is 9.97 Å². The highest BCUT2D eigenvalue weighted by atomic mass is 31.1. The van der Waals surface area contributed by atoms with Crippen LogP contribution in [0.25, 0.3) is 11.2 Å². The van der Waals surface area contributed by atoms with E-state index in [-0.39, 0.29) is 17.6 Å². The van der Waals surface area contributed by atoms with Crippen LogP contribution in [0.1, 0.15) is 53.2 Å². The molecule has 2 aromatic heterocycles. The van der Waals surface area contributed by atoms with E-state index < -0.39 is 38.2 Å². The topological polar surface area (TPSA) is 135 Å². The van der Waals surface area contributed by atoms with Gasteiger partial charge in [-0.05, 0) is 31.3 Å². The van der Waals surface area contributed by atoms with Gasteiger partial charge in [-0.2, -0.15) is 0 Å². The van der Waals surface area contributed by atoms with Crippen molar-refractivity contribution < 1.29 is 24.0 Å². The molecule has 0 aliphatic carbocycles. The van der Waals surface area contributed by atoms with E-state index in [0.717, 1.165) is 6.42 Å². The van der Waals surface area contributed by atoms with Gasteiger partial charge in [0.2, 0.25) is 0 Å². The first-order valence-corrected chi connectivity index (χ1v) is 11.5. The van der Waals surface area contributed by atoms with E-state index in [9.17, 15) is 14.8 Å². The van der Waals surface area contributed by atoms with Crippen LogP contribution in [-0.2, 0) is 20.9 Å². The smallest absolute Gasteiger partial charge is 0.388 e. The van der Waals surface area contributed by atoms with Gasteiger partial charge in [0, 0.05) is 13.5 Å². The van der Waals surface area contributed by atoms with Crippen molar-refractivity contribution >= 4 is 19.2 Å². The third-order valence-corrected chi connectivity index (χ3v) is 7.66. The van der Waals surface area contributed by atoms with Crippen LogP contribution in [0, 0.1) is 5.41 Å². The largest absolute Gasteiger partial charge is 0.511 e. The highest BCUT2D eigenvalue weighted by Crippen LogP contribution is 2.42. The van der Waals surface area contributed by atoms with E-state index in [1.165, 1.54) is 21.8 Å². The molecule has 0 bridgehead atoms. The Balaban J connectivity index is 1.82. The molecule has 4 unspecified atom stereocenters. The van der Waals surface area contributed by atoms with E-state index in [0.29, 0.717) is 17.6 Å². The molecular weight excluding hydrogens is 409 g/mol. The molecule has 7 atom stereocenters. The van der Waals surface area contributed by atoms with Crippen LogP contribution in [0.15, 0.2) is 12.7 Å². The summed E-state index contributed by atoms with van der Waals surface area (Å²) in [5.74, 6) is 0. The second-order valence-corrected chi connectivity index (χ2v) is 9.85. The maximum atomic E-state index is 12.5. The lowest BCUT2D eigenvalue weighted by molar-refractivity contribution is -0.0622. The summed E-state index contributed by atoms with van der Waals surface area (Å²) < 4.78 is 27.4. The second kappa shape index (κ2) is 8.80. The van der Waals surface area contributed by atoms with Crippen molar-refractivity contribution in [1.29, 1.82) is 5.41 Å². The molecular formula is C19H31N5O5P+. The number of nitrogens with one attached hydrogen (secondary N) is 1. The maximum Gasteiger partial charge on any atom is 0.511 e. The van der Waals surface area contributed by atoms with Gasteiger partial charge in [-0.3, -0.25) is 9.98 Å². The summed E-state index contributed by atoms with van der Waals surface area (Å²) in [4.78, 5) is 8.52. The normalized spacial score (nSPS) is 27.9. The van der Waals surface area contributed by atoms with Crippen molar-refractivity contribution in [2.75, 3.05) is 0 Å². The minimum Gasteiger partial charge on any atom is -0.388 e. The van der Waals surface area contributed by atoms with Crippen molar-refractivity contribution in [3.8, 4) is 0 Å². The third-order valence-electron chi connectivity index (χ3n) is 5.95. The fourth-order valence-corrected chi connectivity index (χ4v) is 4.57. The van der Waals surface area contributed by atoms with Gasteiger partial charge in [0.15, 0.2) is 23.0 Å². The van der Waals surface area contributed by atoms with Crippen LogP contribution in [0.4, 0.5) is 0 Å². The number of aliphatic hydroxyl groups is 2. The van der Waals surface area contributed by atoms with Crippen LogP contribution in [-0.4, -0.2) is 58.9 Å². The lowest BCUT2D eigenvalue weighted by atomic mass is 9.93. The average molecular weight is 440 g/mol. The molecule has 0 saturated carbocycles. The number of aliphatic hydroxyl groups excluding tert-OH is 2. The van der Waals surface area contributed by atoms with Gasteiger partial charge in [0.05, 0.1) is 18.8 Å². The first kappa shape index (κ1) is 23.0. The molecule has 0 spiro atoms. The Morgan fingerprint density at radius 3 is 2.67 bits per heavy atom. The van der Waals surface area contributed by atoms with Crippen molar-refractivity contribution in [2.24, 2.45) is 7.05 Å². The van der Waals surface area contributed by atoms with Gasteiger partial charge in [0.1, 0.15) is 23.3 Å². The summed E-state index contributed by atoms with van der Waals surface area (Å²) in [6.07, 6.45) is 0.553. The van der Waals surface area contributed by atoms with E-state index >= 15 is 0 Å². The minimum atomic E-state index is -1.86. The Bertz CT molecular complexity index is 978. The Morgan fingerprint density at radius 2 is 2.03 bits per heavy atom. The quantitative estimate of drug-likeness (QED) is 0.534. The summed E-state index contributed by atoms with van der Waals surface area (Å²) in [6, 6.07) is 0. The molecule has 3 N–H and O–H groups in total. The Kier molecular flexibility index (Phi) is 6.74. The molecule has 3 rings (SSSR count). The summed E-state index contributed by atoms with van der Waals surface area (Å²) in [5.41, 5.74) is 0.117. The predicted octanol–water partition coefficient (Wildman–Crippen LogP) is 1.98. The van der Waals surface area contributed by atoms with Crippen molar-refractivity contribution in [2.45, 2.75) is 82.8 Å². The molecule has 0 amide bonds. The highest BCUT2D eigenvalue weighted by molar-refractivity contribution is 7.40. The van der Waals surface area contributed by atoms with Gasteiger partial charge in [-0.15, -0.1) is 4.52 Å². The average Bonchev–Trinajstić information content (AvgIpc) is 3.26. The van der Waals surface area contributed by atoms with Crippen molar-refractivity contribution in [3.05, 3.63) is 18.1 Å². The molecule has 166 valence electrons. The standard InChI is InChI=1S/C19H31N5O5P/c1-6-11(3)30(27)29-19(4,7-2)8-12-14(25)15(26)18(28-12)24-10-21-13-16(20)23(5)9-22-17(13)24/h9-12,14-15,18,20,25-26H,6-8H2,1-5H3/q+1/t11?,12-,14-,15-,18?,19?/m1/s1. The van der Waals surface area contributed by atoms with E-state index in [4.69, 9.17) is 14.7 Å². The number of aromatic nitrogens is 4. The summed E-state index contributed by atoms with van der Waals surface area (Å²) in [7, 11) is -0.158. The maximum absolute atomic E-state index is 12.5. The number of ether oxygens (including phenoxy) is 1. The van der Waals surface area contributed by atoms with Crippen LogP contribution >= 0.6 is 8.03 Å². The lowest BCUT2D eigenvalue weighted by Crippen LogP contribution is -2.38. The number of hydrogen-bond donors (Lipinski definition) is 3. The molecule has 1 fully saturated rings. The lowest BCUT2D eigenvalue weighted by Gasteiger charge is -2.27. The fourth-order valence-electron chi connectivity index (χ4n) is 3.46. The van der Waals surface area contributed by atoms with Crippen LogP contribution in [0.3, 0.4) is 0 Å². The van der Waals surface area contributed by atoms with Gasteiger partial charge >= 0.3 is 8.03 Å². The van der Waals surface area contributed by atoms with Gasteiger partial charge < -0.3 is 19.5 Å². The number of nitrogens with zero attached hydrogens (tertiary/aromatic N) is 4. The summed E-state index contributed by atoms with van der Waals surface area (Å²) in [6.45, 7) is 7.62. The summed E-state index contributed by atoms with van der Waals surface area (Å²) in [5, 5.41) is 29.4. The highest BCUT2D eigenvalue weighted by Gasteiger charge is 2.49. The molecule has 30 heavy (non-hydrogen) atoms. The molecule has 1 aliphatic heterocycles. The zero-order valence-electron chi connectivity index (χ0n) is 18.0. The Labute approximate surface area is 176 Å². The first-order chi connectivity index (χ1) is 14.1. The molecule has 0 radical (unpaired) electrons. The van der Waals surface area contributed by atoms with E-state index in [1.54, 1.807) is 7.05 Å². The van der Waals surface area contributed by atoms with Crippen molar-refractivity contribution in [1.82, 2.24) is 19.1 Å². The minimum absolute atomic E-state index is 0.0672. The third kappa shape index (κ3) is 4.20. The number of imidazole rings is 1. The van der Waals surface area contributed by atoms with Crippen LogP contribution < -0.4 is 5.49 Å². The van der Waals surface area contributed by atoms with Crippen molar-refractivity contribution in [3.63, 3.8) is 0 Å². The van der Waals surface area contributed by atoms with Crippen LogP contribution in [0.5, 0.6) is 0 Å². The molecule has 3 heterocycles. The number of rotatable bonds is 8. The number of hydrogen-bond acceptors (Lipinski definition) is 8. The molecule has 10 nitrogen and oxygen atoms in total. The van der Waals surface area contributed by atoms with Gasteiger partial charge in [-0.25, -0.2) is 9.97 Å². The Hall–Kier alpha value is -1.71. The first-order valence-electron chi connectivity index (χ1n) is 10.2. The van der Waals surface area contributed by atoms with Gasteiger partial charge in [-0.1, -0.05) is 13.8 Å². The zero-order valence-corrected chi connectivity index (χ0v) is 18.9. The second-order valence-electron chi connectivity index (χ2n) is 8.22. The van der Waals surface area contributed by atoms with Crippen LogP contribution in [0.2, 0.25) is 0 Å². The predicted molar refractivity (Wildman–Crippen MR) is 110 cm³/mol. The zero-order chi connectivity index (χ0) is 22.2. The Morgan fingerprint density at radius 1 is 1.33 bits per heavy atom.